The molecule has 0 saturated heterocycles. The number of carboxylic acids is 1. The Labute approximate surface area is 126 Å². The van der Waals surface area contributed by atoms with Gasteiger partial charge >= 0.3 is 5.97 Å². The minimum Gasteiger partial charge on any atom is -0.488 e. The number of aryl methyl sites for hydroxylation is 2. The highest BCUT2D eigenvalue weighted by Gasteiger charge is 2.11. The van der Waals surface area contributed by atoms with Gasteiger partial charge in [-0.1, -0.05) is 17.7 Å². The van der Waals surface area contributed by atoms with Crippen LogP contribution < -0.4 is 4.74 Å². The third-order valence-electron chi connectivity index (χ3n) is 3.07. The van der Waals surface area contributed by atoms with E-state index in [1.807, 2.05) is 0 Å². The van der Waals surface area contributed by atoms with E-state index >= 15 is 0 Å². The first-order chi connectivity index (χ1) is 9.88. The fourth-order valence-electron chi connectivity index (χ4n) is 2.09. The van der Waals surface area contributed by atoms with Gasteiger partial charge in [0.1, 0.15) is 18.2 Å². The molecule has 2 aromatic carbocycles. The van der Waals surface area contributed by atoms with Gasteiger partial charge in [-0.2, -0.15) is 0 Å². The Morgan fingerprint density at radius 2 is 1.86 bits per heavy atom. The first-order valence-electron chi connectivity index (χ1n) is 6.29. The molecular formula is C16H14ClFO3. The lowest BCUT2D eigenvalue weighted by molar-refractivity contribution is 0.0696. The van der Waals surface area contributed by atoms with Crippen LogP contribution >= 0.6 is 11.6 Å². The van der Waals surface area contributed by atoms with Gasteiger partial charge in [0.25, 0.3) is 0 Å². The van der Waals surface area contributed by atoms with Crippen LogP contribution in [0.25, 0.3) is 0 Å². The van der Waals surface area contributed by atoms with E-state index < -0.39 is 11.8 Å². The van der Waals surface area contributed by atoms with Crippen molar-refractivity contribution < 1.29 is 19.0 Å². The van der Waals surface area contributed by atoms with Crippen LogP contribution in [-0.4, -0.2) is 11.1 Å². The summed E-state index contributed by atoms with van der Waals surface area (Å²) >= 11 is 5.72. The Bertz CT molecular complexity index is 675. The van der Waals surface area contributed by atoms with Gasteiger partial charge < -0.3 is 9.84 Å². The minimum atomic E-state index is -0.974. The summed E-state index contributed by atoms with van der Waals surface area (Å²) in [7, 11) is 0. The number of halogens is 2. The van der Waals surface area contributed by atoms with E-state index in [0.29, 0.717) is 5.75 Å². The summed E-state index contributed by atoms with van der Waals surface area (Å²) in [5.41, 5.74) is 2.44. The van der Waals surface area contributed by atoms with Crippen LogP contribution in [0.4, 0.5) is 4.39 Å². The highest BCUT2D eigenvalue weighted by atomic mass is 35.5. The van der Waals surface area contributed by atoms with E-state index in [9.17, 15) is 9.18 Å². The Morgan fingerprint density at radius 1 is 1.24 bits per heavy atom. The van der Waals surface area contributed by atoms with Crippen LogP contribution in [0.15, 0.2) is 30.3 Å². The zero-order valence-electron chi connectivity index (χ0n) is 11.6. The molecule has 0 aliphatic carbocycles. The normalized spacial score (nSPS) is 10.5. The van der Waals surface area contributed by atoms with Crippen molar-refractivity contribution in [3.8, 4) is 5.75 Å². The van der Waals surface area contributed by atoms with Crippen LogP contribution in [0, 0.1) is 19.7 Å². The molecule has 110 valence electrons. The SMILES string of the molecule is Cc1cc(C(=O)O)cc(C)c1OCc1ccc(F)c(Cl)c1. The summed E-state index contributed by atoms with van der Waals surface area (Å²) in [6.45, 7) is 3.80. The number of benzene rings is 2. The molecule has 0 aromatic heterocycles. The molecule has 2 rings (SSSR count). The average molecular weight is 309 g/mol. The maximum atomic E-state index is 13.1. The summed E-state index contributed by atoms with van der Waals surface area (Å²) in [5.74, 6) is -0.822. The monoisotopic (exact) mass is 308 g/mol. The molecule has 1 N–H and O–H groups in total. The molecule has 0 unspecified atom stereocenters. The first kappa shape index (κ1) is 15.3. The van der Waals surface area contributed by atoms with E-state index in [1.54, 1.807) is 32.0 Å². The molecule has 0 aliphatic rings. The molecule has 0 saturated carbocycles. The van der Waals surface area contributed by atoms with E-state index in [2.05, 4.69) is 0 Å². The van der Waals surface area contributed by atoms with Gasteiger partial charge in [0.15, 0.2) is 0 Å². The average Bonchev–Trinajstić information content (AvgIpc) is 2.41. The fourth-order valence-corrected chi connectivity index (χ4v) is 2.29. The Kier molecular flexibility index (Phi) is 4.48. The van der Waals surface area contributed by atoms with Crippen LogP contribution in [0.3, 0.4) is 0 Å². The van der Waals surface area contributed by atoms with Crippen molar-refractivity contribution in [1.82, 2.24) is 0 Å². The number of carboxylic acid groups (broad SMARTS) is 1. The summed E-state index contributed by atoms with van der Waals surface area (Å²) in [6.07, 6.45) is 0. The molecule has 0 radical (unpaired) electrons. The standard InChI is InChI=1S/C16H14ClFO3/c1-9-5-12(16(19)20)6-10(2)15(9)21-8-11-3-4-14(18)13(17)7-11/h3-7H,8H2,1-2H3,(H,19,20). The van der Waals surface area contributed by atoms with Crippen molar-refractivity contribution in [3.63, 3.8) is 0 Å². The van der Waals surface area contributed by atoms with E-state index in [0.717, 1.165) is 16.7 Å². The number of ether oxygens (including phenoxy) is 1. The van der Waals surface area contributed by atoms with Gasteiger partial charge in [-0.3, -0.25) is 0 Å². The van der Waals surface area contributed by atoms with Crippen LogP contribution in [0.1, 0.15) is 27.0 Å². The molecular weight excluding hydrogens is 295 g/mol. The third kappa shape index (κ3) is 3.52. The molecule has 0 bridgehead atoms. The first-order valence-corrected chi connectivity index (χ1v) is 6.67. The Balaban J connectivity index is 2.20. The smallest absolute Gasteiger partial charge is 0.335 e. The highest BCUT2D eigenvalue weighted by molar-refractivity contribution is 6.30. The molecule has 3 nitrogen and oxygen atoms in total. The van der Waals surface area contributed by atoms with E-state index in [-0.39, 0.29) is 17.2 Å². The van der Waals surface area contributed by atoms with E-state index in [1.165, 1.54) is 12.1 Å². The van der Waals surface area contributed by atoms with Gasteiger partial charge in [-0.15, -0.1) is 0 Å². The number of carbonyl (C=O) groups is 1. The Hall–Kier alpha value is -2.07. The number of hydrogen-bond donors (Lipinski definition) is 1. The lowest BCUT2D eigenvalue weighted by Crippen LogP contribution is -2.03. The maximum absolute atomic E-state index is 13.1. The number of aromatic carboxylic acids is 1. The minimum absolute atomic E-state index is 0.0470. The molecule has 2 aromatic rings. The predicted octanol–water partition coefficient (Wildman–Crippen LogP) is 4.37. The van der Waals surface area contributed by atoms with Crippen molar-refractivity contribution in [2.45, 2.75) is 20.5 Å². The topological polar surface area (TPSA) is 46.5 Å². The van der Waals surface area contributed by atoms with Gasteiger partial charge in [-0.05, 0) is 54.8 Å². The second-order valence-corrected chi connectivity index (χ2v) is 5.19. The van der Waals surface area contributed by atoms with Gasteiger partial charge in [0.2, 0.25) is 0 Å². The molecule has 0 aliphatic heterocycles. The fraction of sp³-hybridized carbons (Fsp3) is 0.188. The summed E-state index contributed by atoms with van der Waals surface area (Å²) in [5, 5.41) is 9.05. The summed E-state index contributed by atoms with van der Waals surface area (Å²) in [4.78, 5) is 11.0. The molecule has 0 atom stereocenters. The maximum Gasteiger partial charge on any atom is 0.335 e. The molecule has 0 fully saturated rings. The molecule has 5 heteroatoms. The second-order valence-electron chi connectivity index (χ2n) is 4.78. The van der Waals surface area contributed by atoms with Crippen molar-refractivity contribution in [2.75, 3.05) is 0 Å². The van der Waals surface area contributed by atoms with Gasteiger partial charge in [0.05, 0.1) is 10.6 Å². The van der Waals surface area contributed by atoms with Crippen molar-refractivity contribution >= 4 is 17.6 Å². The van der Waals surface area contributed by atoms with Gasteiger partial charge in [-0.25, -0.2) is 9.18 Å². The Morgan fingerprint density at radius 3 is 2.38 bits per heavy atom. The predicted molar refractivity (Wildman–Crippen MR) is 78.6 cm³/mol. The number of hydrogen-bond acceptors (Lipinski definition) is 2. The van der Waals surface area contributed by atoms with Gasteiger partial charge in [0, 0.05) is 0 Å². The lowest BCUT2D eigenvalue weighted by atomic mass is 10.1. The largest absolute Gasteiger partial charge is 0.488 e. The van der Waals surface area contributed by atoms with Crippen molar-refractivity contribution in [3.05, 3.63) is 63.4 Å². The summed E-state index contributed by atoms with van der Waals surface area (Å²) in [6, 6.07) is 7.50. The summed E-state index contributed by atoms with van der Waals surface area (Å²) < 4.78 is 18.8. The number of rotatable bonds is 4. The molecule has 0 spiro atoms. The van der Waals surface area contributed by atoms with Crippen molar-refractivity contribution in [2.24, 2.45) is 0 Å². The zero-order chi connectivity index (χ0) is 15.6. The third-order valence-corrected chi connectivity index (χ3v) is 3.36. The molecule has 0 heterocycles. The lowest BCUT2D eigenvalue weighted by Gasteiger charge is -2.13. The van der Waals surface area contributed by atoms with Crippen LogP contribution in [0.2, 0.25) is 5.02 Å². The van der Waals surface area contributed by atoms with Crippen LogP contribution in [0.5, 0.6) is 5.75 Å². The van der Waals surface area contributed by atoms with Crippen molar-refractivity contribution in [1.29, 1.82) is 0 Å². The van der Waals surface area contributed by atoms with E-state index in [4.69, 9.17) is 21.4 Å². The second kappa shape index (κ2) is 6.14. The van der Waals surface area contributed by atoms with Crippen LogP contribution in [-0.2, 0) is 6.61 Å². The quantitative estimate of drug-likeness (QED) is 0.912. The highest BCUT2D eigenvalue weighted by Crippen LogP contribution is 2.26. The molecule has 21 heavy (non-hydrogen) atoms. The zero-order valence-corrected chi connectivity index (χ0v) is 12.4. The molecule has 0 amide bonds.